The second-order valence-corrected chi connectivity index (χ2v) is 2.63. The van der Waals surface area contributed by atoms with Crippen LogP contribution in [0.4, 0.5) is 0 Å². The van der Waals surface area contributed by atoms with Crippen molar-refractivity contribution in [3.05, 3.63) is 12.7 Å². The van der Waals surface area contributed by atoms with Crippen molar-refractivity contribution < 1.29 is 2.85 Å². The van der Waals surface area contributed by atoms with E-state index in [1.54, 1.807) is 0 Å². The first kappa shape index (κ1) is 9.51. The molecule has 0 saturated heterocycles. The van der Waals surface area contributed by atoms with Crippen molar-refractivity contribution in [2.24, 2.45) is 5.92 Å². The number of rotatable bonds is 1. The second kappa shape index (κ2) is 5.30. The van der Waals surface area contributed by atoms with Gasteiger partial charge in [0.1, 0.15) is 0 Å². The van der Waals surface area contributed by atoms with Crippen molar-refractivity contribution in [2.45, 2.75) is 32.1 Å². The maximum Gasteiger partial charge on any atom is 2.00 e. The summed E-state index contributed by atoms with van der Waals surface area (Å²) in [6.07, 6.45) is 9.20. The minimum atomic E-state index is 0. The van der Waals surface area contributed by atoms with Gasteiger partial charge in [0.05, 0.1) is 0 Å². The van der Waals surface area contributed by atoms with Gasteiger partial charge in [0.2, 0.25) is 0 Å². The van der Waals surface area contributed by atoms with Gasteiger partial charge >= 0.3 is 23.1 Å². The summed E-state index contributed by atoms with van der Waals surface area (Å²) in [5.74, 6) is 0.851. The Morgan fingerprint density at radius 3 is 2.11 bits per heavy atom. The summed E-state index contributed by atoms with van der Waals surface area (Å²) >= 11 is 0. The van der Waals surface area contributed by atoms with Crippen LogP contribution in [0.25, 0.3) is 0 Å². The maximum atomic E-state index is 3.78. The van der Waals surface area contributed by atoms with Gasteiger partial charge < -0.3 is 2.85 Å². The standard InChI is InChI=1S/C8H14.Mg.2H/c1-2-8-6-4-3-5-7-8;;;/h2,8H,1,3-7H2;;;/q;+2;2*-1. The molecule has 0 aliphatic heterocycles. The maximum absolute atomic E-state index is 3.78. The molecular formula is C8H16Mg. The van der Waals surface area contributed by atoms with Crippen molar-refractivity contribution in [1.29, 1.82) is 0 Å². The summed E-state index contributed by atoms with van der Waals surface area (Å²) < 4.78 is 0. The first-order valence-electron chi connectivity index (χ1n) is 3.56. The van der Waals surface area contributed by atoms with Crippen LogP contribution >= 0.6 is 0 Å². The molecule has 50 valence electrons. The van der Waals surface area contributed by atoms with E-state index in [2.05, 4.69) is 12.7 Å². The van der Waals surface area contributed by atoms with Gasteiger partial charge in [-0.1, -0.05) is 25.3 Å². The van der Waals surface area contributed by atoms with Gasteiger partial charge in [-0.3, -0.25) is 0 Å². The Labute approximate surface area is 76.8 Å². The van der Waals surface area contributed by atoms with Gasteiger partial charge in [-0.25, -0.2) is 0 Å². The third-order valence-corrected chi connectivity index (χ3v) is 1.98. The first-order valence-corrected chi connectivity index (χ1v) is 3.56. The fraction of sp³-hybridized carbons (Fsp3) is 0.750. The van der Waals surface area contributed by atoms with E-state index in [1.165, 1.54) is 32.1 Å². The number of hydrogen-bond acceptors (Lipinski definition) is 0. The zero-order chi connectivity index (χ0) is 5.82. The molecular weight excluding hydrogens is 120 g/mol. The van der Waals surface area contributed by atoms with Gasteiger partial charge in [0, 0.05) is 0 Å². The molecule has 0 aromatic carbocycles. The van der Waals surface area contributed by atoms with Crippen molar-refractivity contribution >= 4 is 23.1 Å². The molecule has 1 saturated carbocycles. The van der Waals surface area contributed by atoms with E-state index in [-0.39, 0.29) is 25.9 Å². The van der Waals surface area contributed by atoms with Crippen LogP contribution in [-0.2, 0) is 0 Å². The Hall–Kier alpha value is 0.506. The Bertz CT molecular complexity index is 80.2. The van der Waals surface area contributed by atoms with Crippen molar-refractivity contribution in [2.75, 3.05) is 0 Å². The van der Waals surface area contributed by atoms with Gasteiger partial charge in [0.25, 0.3) is 0 Å². The molecule has 0 nitrogen and oxygen atoms in total. The van der Waals surface area contributed by atoms with E-state index >= 15 is 0 Å². The molecule has 0 unspecified atom stereocenters. The molecule has 0 atom stereocenters. The van der Waals surface area contributed by atoms with E-state index < -0.39 is 0 Å². The fourth-order valence-electron chi connectivity index (χ4n) is 1.37. The van der Waals surface area contributed by atoms with E-state index in [4.69, 9.17) is 0 Å². The molecule has 1 fully saturated rings. The van der Waals surface area contributed by atoms with Crippen molar-refractivity contribution in [3.63, 3.8) is 0 Å². The fourth-order valence-corrected chi connectivity index (χ4v) is 1.37. The van der Waals surface area contributed by atoms with E-state index in [0.717, 1.165) is 5.92 Å². The van der Waals surface area contributed by atoms with Crippen LogP contribution in [0.3, 0.4) is 0 Å². The Balaban J connectivity index is -0.000000213. The van der Waals surface area contributed by atoms with Crippen LogP contribution < -0.4 is 0 Å². The van der Waals surface area contributed by atoms with Crippen molar-refractivity contribution in [3.8, 4) is 0 Å². The summed E-state index contributed by atoms with van der Waals surface area (Å²) in [7, 11) is 0. The van der Waals surface area contributed by atoms with Crippen LogP contribution in [0.15, 0.2) is 12.7 Å². The van der Waals surface area contributed by atoms with E-state index in [0.29, 0.717) is 0 Å². The summed E-state index contributed by atoms with van der Waals surface area (Å²) in [4.78, 5) is 0. The third kappa shape index (κ3) is 3.26. The van der Waals surface area contributed by atoms with Crippen LogP contribution in [0, 0.1) is 5.92 Å². The minimum absolute atomic E-state index is 0. The predicted octanol–water partition coefficient (Wildman–Crippen LogP) is 2.60. The topological polar surface area (TPSA) is 0 Å². The Morgan fingerprint density at radius 1 is 1.22 bits per heavy atom. The molecule has 0 heterocycles. The molecule has 0 amide bonds. The van der Waals surface area contributed by atoms with Crippen molar-refractivity contribution in [1.82, 2.24) is 0 Å². The molecule has 1 heteroatoms. The molecule has 1 aliphatic carbocycles. The number of hydrogen-bond donors (Lipinski definition) is 0. The Morgan fingerprint density at radius 2 is 1.78 bits per heavy atom. The molecule has 0 aromatic heterocycles. The van der Waals surface area contributed by atoms with Gasteiger partial charge in [-0.05, 0) is 18.8 Å². The molecule has 1 aliphatic rings. The second-order valence-electron chi connectivity index (χ2n) is 2.63. The zero-order valence-electron chi connectivity index (χ0n) is 8.10. The molecule has 0 bridgehead atoms. The van der Waals surface area contributed by atoms with Gasteiger partial charge in [-0.2, -0.15) is 0 Å². The monoisotopic (exact) mass is 136 g/mol. The van der Waals surface area contributed by atoms with Crippen LogP contribution in [0.5, 0.6) is 0 Å². The molecule has 0 spiro atoms. The average Bonchev–Trinajstić information content (AvgIpc) is 1.90. The average molecular weight is 137 g/mol. The summed E-state index contributed by atoms with van der Waals surface area (Å²) in [5.41, 5.74) is 0. The smallest absolute Gasteiger partial charge is 1.00 e. The normalized spacial score (nSPS) is 20.4. The first-order chi connectivity index (χ1) is 3.93. The summed E-state index contributed by atoms with van der Waals surface area (Å²) in [6, 6.07) is 0. The van der Waals surface area contributed by atoms with Gasteiger partial charge in [-0.15, -0.1) is 6.58 Å². The number of allylic oxidation sites excluding steroid dienone is 1. The van der Waals surface area contributed by atoms with Crippen LogP contribution in [0.1, 0.15) is 35.0 Å². The molecule has 0 N–H and O–H groups in total. The third-order valence-electron chi connectivity index (χ3n) is 1.98. The summed E-state index contributed by atoms with van der Waals surface area (Å²) in [5, 5.41) is 0. The van der Waals surface area contributed by atoms with Gasteiger partial charge in [0.15, 0.2) is 0 Å². The van der Waals surface area contributed by atoms with E-state index in [9.17, 15) is 0 Å². The quantitative estimate of drug-likeness (QED) is 0.384. The summed E-state index contributed by atoms with van der Waals surface area (Å²) in [6.45, 7) is 3.78. The largest absolute Gasteiger partial charge is 2.00 e. The Kier molecular flexibility index (Phi) is 5.60. The van der Waals surface area contributed by atoms with E-state index in [1.807, 2.05) is 0 Å². The molecule has 9 heavy (non-hydrogen) atoms. The molecule has 0 radical (unpaired) electrons. The minimum Gasteiger partial charge on any atom is -1.00 e. The molecule has 1 rings (SSSR count). The zero-order valence-corrected chi connectivity index (χ0v) is 7.52. The molecule has 0 aromatic rings. The predicted molar refractivity (Wildman–Crippen MR) is 44.8 cm³/mol. The van der Waals surface area contributed by atoms with Crippen LogP contribution in [-0.4, -0.2) is 23.1 Å². The SMILES string of the molecule is C=CC1CCCCC1.[H-].[H-].[Mg+2]. The van der Waals surface area contributed by atoms with Crippen LogP contribution in [0.2, 0.25) is 0 Å².